The molecule has 1 N–H and O–H groups in total. The number of nitrogens with one attached hydrogen (secondary N) is 1. The molecule has 0 aromatic carbocycles. The Balaban J connectivity index is 1.85. The number of carbonyl (C=O) groups is 1. The van der Waals surface area contributed by atoms with Crippen LogP contribution in [0.3, 0.4) is 0 Å². The van der Waals surface area contributed by atoms with Crippen LogP contribution in [0.1, 0.15) is 46.0 Å². The molecule has 1 amide bonds. The highest BCUT2D eigenvalue weighted by molar-refractivity contribution is 5.79. The van der Waals surface area contributed by atoms with E-state index in [1.165, 1.54) is 25.7 Å². The maximum atomic E-state index is 12.1. The Kier molecular flexibility index (Phi) is 4.43. The molecule has 1 aliphatic carbocycles. The van der Waals surface area contributed by atoms with Crippen molar-refractivity contribution in [2.24, 2.45) is 11.8 Å². The van der Waals surface area contributed by atoms with Gasteiger partial charge < -0.3 is 10.2 Å². The third-order valence-corrected chi connectivity index (χ3v) is 4.06. The lowest BCUT2D eigenvalue weighted by Crippen LogP contribution is -2.48. The van der Waals surface area contributed by atoms with Crippen molar-refractivity contribution in [1.82, 2.24) is 10.2 Å². The topological polar surface area (TPSA) is 32.3 Å². The van der Waals surface area contributed by atoms with Gasteiger partial charge in [0, 0.05) is 25.0 Å². The first kappa shape index (κ1) is 12.9. The van der Waals surface area contributed by atoms with Crippen molar-refractivity contribution in [3.63, 3.8) is 0 Å². The number of carbonyl (C=O) groups excluding carboxylic acids is 1. The zero-order valence-electron chi connectivity index (χ0n) is 11.2. The second kappa shape index (κ2) is 5.85. The van der Waals surface area contributed by atoms with Crippen molar-refractivity contribution >= 4 is 5.91 Å². The molecule has 2 rings (SSSR count). The maximum absolute atomic E-state index is 12.1. The highest BCUT2D eigenvalue weighted by Crippen LogP contribution is 2.33. The fraction of sp³-hybridized carbons (Fsp3) is 0.929. The molecule has 0 spiro atoms. The van der Waals surface area contributed by atoms with E-state index in [2.05, 4.69) is 24.1 Å². The summed E-state index contributed by atoms with van der Waals surface area (Å²) in [4.78, 5) is 14.2. The molecule has 1 saturated heterocycles. The van der Waals surface area contributed by atoms with Gasteiger partial charge >= 0.3 is 0 Å². The fourth-order valence-corrected chi connectivity index (χ4v) is 2.76. The van der Waals surface area contributed by atoms with Crippen LogP contribution in [-0.2, 0) is 4.79 Å². The van der Waals surface area contributed by atoms with Crippen molar-refractivity contribution < 1.29 is 4.79 Å². The molecule has 3 heteroatoms. The Labute approximate surface area is 105 Å². The van der Waals surface area contributed by atoms with E-state index in [9.17, 15) is 4.79 Å². The van der Waals surface area contributed by atoms with Crippen LogP contribution in [0.2, 0.25) is 0 Å². The van der Waals surface area contributed by atoms with Crippen LogP contribution in [0, 0.1) is 11.8 Å². The standard InChI is InChI=1S/C14H26N2O/c1-3-8-15-13(12-6-7-12)10-16-9-4-5-11(2)14(16)17/h11-13,15H,3-10H2,1-2H3. The van der Waals surface area contributed by atoms with E-state index in [-0.39, 0.29) is 5.92 Å². The van der Waals surface area contributed by atoms with E-state index < -0.39 is 0 Å². The number of nitrogens with zero attached hydrogens (tertiary/aromatic N) is 1. The van der Waals surface area contributed by atoms with E-state index in [0.717, 1.165) is 32.0 Å². The highest BCUT2D eigenvalue weighted by atomic mass is 16.2. The summed E-state index contributed by atoms with van der Waals surface area (Å²) in [6.45, 7) is 7.26. The Morgan fingerprint density at radius 1 is 1.41 bits per heavy atom. The molecular formula is C14H26N2O. The van der Waals surface area contributed by atoms with Crippen molar-refractivity contribution in [2.75, 3.05) is 19.6 Å². The van der Waals surface area contributed by atoms with Gasteiger partial charge in [-0.25, -0.2) is 0 Å². The largest absolute Gasteiger partial charge is 0.341 e. The number of hydrogen-bond donors (Lipinski definition) is 1. The van der Waals surface area contributed by atoms with Crippen LogP contribution in [-0.4, -0.2) is 36.5 Å². The quantitative estimate of drug-likeness (QED) is 0.768. The first-order valence-corrected chi connectivity index (χ1v) is 7.24. The highest BCUT2D eigenvalue weighted by Gasteiger charge is 2.34. The van der Waals surface area contributed by atoms with E-state index in [1.807, 2.05) is 0 Å². The molecule has 1 aliphatic heterocycles. The van der Waals surface area contributed by atoms with E-state index in [0.29, 0.717) is 11.9 Å². The first-order valence-electron chi connectivity index (χ1n) is 7.24. The lowest BCUT2D eigenvalue weighted by molar-refractivity contribution is -0.138. The minimum atomic E-state index is 0.245. The molecule has 0 bridgehead atoms. The zero-order chi connectivity index (χ0) is 12.3. The van der Waals surface area contributed by atoms with Crippen molar-refractivity contribution in [1.29, 1.82) is 0 Å². The zero-order valence-corrected chi connectivity index (χ0v) is 11.2. The van der Waals surface area contributed by atoms with Gasteiger partial charge in [-0.05, 0) is 44.6 Å². The molecule has 17 heavy (non-hydrogen) atoms. The molecule has 1 saturated carbocycles. The molecule has 1 heterocycles. The average Bonchev–Trinajstić information content (AvgIpc) is 3.14. The molecule has 98 valence electrons. The predicted molar refractivity (Wildman–Crippen MR) is 69.8 cm³/mol. The molecule has 2 atom stereocenters. The van der Waals surface area contributed by atoms with Crippen LogP contribution in [0.5, 0.6) is 0 Å². The average molecular weight is 238 g/mol. The van der Waals surface area contributed by atoms with Gasteiger partial charge in [-0.15, -0.1) is 0 Å². The van der Waals surface area contributed by atoms with Gasteiger partial charge in [0.2, 0.25) is 5.91 Å². The van der Waals surface area contributed by atoms with Crippen LogP contribution < -0.4 is 5.32 Å². The number of amides is 1. The fourth-order valence-electron chi connectivity index (χ4n) is 2.76. The molecule has 0 radical (unpaired) electrons. The molecule has 3 nitrogen and oxygen atoms in total. The molecule has 2 unspecified atom stereocenters. The minimum absolute atomic E-state index is 0.245. The maximum Gasteiger partial charge on any atom is 0.225 e. The molecule has 2 fully saturated rings. The Bertz CT molecular complexity index is 263. The molecule has 0 aromatic heterocycles. The number of piperidine rings is 1. The van der Waals surface area contributed by atoms with E-state index >= 15 is 0 Å². The summed E-state index contributed by atoms with van der Waals surface area (Å²) >= 11 is 0. The van der Waals surface area contributed by atoms with Crippen LogP contribution in [0.25, 0.3) is 0 Å². The van der Waals surface area contributed by atoms with Crippen LogP contribution >= 0.6 is 0 Å². The summed E-state index contributed by atoms with van der Waals surface area (Å²) in [5.74, 6) is 1.45. The van der Waals surface area contributed by atoms with Gasteiger partial charge in [-0.1, -0.05) is 13.8 Å². The first-order chi connectivity index (χ1) is 8.22. The Morgan fingerprint density at radius 2 is 2.18 bits per heavy atom. The summed E-state index contributed by atoms with van der Waals surface area (Å²) in [5, 5.41) is 3.62. The van der Waals surface area contributed by atoms with Gasteiger partial charge in [0.25, 0.3) is 0 Å². The van der Waals surface area contributed by atoms with Crippen molar-refractivity contribution in [3.8, 4) is 0 Å². The predicted octanol–water partition coefficient (Wildman–Crippen LogP) is 2.02. The van der Waals surface area contributed by atoms with Gasteiger partial charge in [-0.2, -0.15) is 0 Å². The van der Waals surface area contributed by atoms with Gasteiger partial charge in [0.15, 0.2) is 0 Å². The second-order valence-corrected chi connectivity index (χ2v) is 5.73. The summed E-state index contributed by atoms with van der Waals surface area (Å²) in [5.41, 5.74) is 0. The molecule has 2 aliphatic rings. The lowest BCUT2D eigenvalue weighted by Gasteiger charge is -2.34. The Hall–Kier alpha value is -0.570. The van der Waals surface area contributed by atoms with Crippen LogP contribution in [0.4, 0.5) is 0 Å². The monoisotopic (exact) mass is 238 g/mol. The van der Waals surface area contributed by atoms with Crippen molar-refractivity contribution in [2.45, 2.75) is 52.0 Å². The van der Waals surface area contributed by atoms with Gasteiger partial charge in [0.1, 0.15) is 0 Å². The minimum Gasteiger partial charge on any atom is -0.341 e. The molecular weight excluding hydrogens is 212 g/mol. The third-order valence-electron chi connectivity index (χ3n) is 4.06. The summed E-state index contributed by atoms with van der Waals surface area (Å²) in [7, 11) is 0. The van der Waals surface area contributed by atoms with E-state index in [4.69, 9.17) is 0 Å². The lowest BCUT2D eigenvalue weighted by atomic mass is 9.98. The third kappa shape index (κ3) is 3.44. The van der Waals surface area contributed by atoms with Crippen molar-refractivity contribution in [3.05, 3.63) is 0 Å². The normalized spacial score (nSPS) is 27.3. The smallest absolute Gasteiger partial charge is 0.225 e. The molecule has 0 aromatic rings. The SMILES string of the molecule is CCCNC(CN1CCCC(C)C1=O)C1CC1. The Morgan fingerprint density at radius 3 is 2.82 bits per heavy atom. The summed E-state index contributed by atoms with van der Waals surface area (Å²) in [6.07, 6.45) is 6.12. The van der Waals surface area contributed by atoms with Gasteiger partial charge in [-0.3, -0.25) is 4.79 Å². The van der Waals surface area contributed by atoms with Crippen LogP contribution in [0.15, 0.2) is 0 Å². The summed E-state index contributed by atoms with van der Waals surface area (Å²) in [6, 6.07) is 0.546. The summed E-state index contributed by atoms with van der Waals surface area (Å²) < 4.78 is 0. The number of hydrogen-bond acceptors (Lipinski definition) is 2. The number of rotatable bonds is 6. The van der Waals surface area contributed by atoms with E-state index in [1.54, 1.807) is 0 Å². The second-order valence-electron chi connectivity index (χ2n) is 5.73. The number of likely N-dealkylation sites (tertiary alicyclic amines) is 1. The van der Waals surface area contributed by atoms with Gasteiger partial charge in [0.05, 0.1) is 0 Å².